The fraction of sp³-hybridized carbons (Fsp3) is 0.353. The van der Waals surface area contributed by atoms with Crippen molar-refractivity contribution in [3.8, 4) is 5.75 Å². The summed E-state index contributed by atoms with van der Waals surface area (Å²) in [5, 5.41) is 3.75. The summed E-state index contributed by atoms with van der Waals surface area (Å²) in [5.74, 6) is 2.25. The lowest BCUT2D eigenvalue weighted by molar-refractivity contribution is -0.129. The van der Waals surface area contributed by atoms with E-state index in [1.807, 2.05) is 17.0 Å². The van der Waals surface area contributed by atoms with Crippen molar-refractivity contribution in [3.63, 3.8) is 0 Å². The van der Waals surface area contributed by atoms with E-state index in [-0.39, 0.29) is 5.91 Å². The molecule has 1 aliphatic heterocycles. The number of piperazine rings is 1. The van der Waals surface area contributed by atoms with Gasteiger partial charge in [-0.05, 0) is 18.2 Å². The Morgan fingerprint density at radius 1 is 1.20 bits per heavy atom. The number of ether oxygens (including phenoxy) is 1. The van der Waals surface area contributed by atoms with Crippen LogP contribution in [0.2, 0.25) is 5.02 Å². The number of amides is 1. The van der Waals surface area contributed by atoms with Gasteiger partial charge >= 0.3 is 0 Å². The quantitative estimate of drug-likeness (QED) is 0.902. The number of halogens is 1. The molecule has 1 aromatic carbocycles. The van der Waals surface area contributed by atoms with E-state index in [9.17, 15) is 4.79 Å². The molecule has 0 bridgehead atoms. The SMILES string of the molecule is COc1ccc(Nc2cc(N3CCN(C(C)=O)CC3)ncn2)cc1Cl. The molecule has 2 aromatic rings. The van der Waals surface area contributed by atoms with Crippen LogP contribution >= 0.6 is 11.6 Å². The smallest absolute Gasteiger partial charge is 0.219 e. The number of benzene rings is 1. The molecule has 1 amide bonds. The second-order valence-electron chi connectivity index (χ2n) is 5.73. The summed E-state index contributed by atoms with van der Waals surface area (Å²) in [7, 11) is 1.58. The van der Waals surface area contributed by atoms with Gasteiger partial charge in [0.15, 0.2) is 0 Å². The Bertz CT molecular complexity index is 762. The lowest BCUT2D eigenvalue weighted by atomic mass is 10.3. The predicted molar refractivity (Wildman–Crippen MR) is 97.8 cm³/mol. The average molecular weight is 362 g/mol. The van der Waals surface area contributed by atoms with Gasteiger partial charge in [-0.25, -0.2) is 9.97 Å². The van der Waals surface area contributed by atoms with Gasteiger partial charge in [0.05, 0.1) is 12.1 Å². The molecule has 0 atom stereocenters. The number of aromatic nitrogens is 2. The van der Waals surface area contributed by atoms with E-state index < -0.39 is 0 Å². The minimum Gasteiger partial charge on any atom is -0.495 e. The highest BCUT2D eigenvalue weighted by molar-refractivity contribution is 6.32. The lowest BCUT2D eigenvalue weighted by Gasteiger charge is -2.34. The fourth-order valence-electron chi connectivity index (χ4n) is 2.73. The molecule has 0 saturated carbocycles. The van der Waals surface area contributed by atoms with Crippen molar-refractivity contribution >= 4 is 34.8 Å². The number of methoxy groups -OCH3 is 1. The molecule has 0 spiro atoms. The van der Waals surface area contributed by atoms with Crippen molar-refractivity contribution in [2.24, 2.45) is 0 Å². The first-order valence-corrected chi connectivity index (χ1v) is 8.37. The zero-order chi connectivity index (χ0) is 17.8. The number of hydrogen-bond acceptors (Lipinski definition) is 6. The van der Waals surface area contributed by atoms with Crippen LogP contribution in [0.1, 0.15) is 6.92 Å². The van der Waals surface area contributed by atoms with Crippen LogP contribution < -0.4 is 15.0 Å². The summed E-state index contributed by atoms with van der Waals surface area (Å²) in [6, 6.07) is 7.35. The molecule has 1 saturated heterocycles. The topological polar surface area (TPSA) is 70.6 Å². The highest BCUT2D eigenvalue weighted by atomic mass is 35.5. The third kappa shape index (κ3) is 4.11. The third-order valence-corrected chi connectivity index (χ3v) is 4.42. The molecule has 3 rings (SSSR count). The first-order chi connectivity index (χ1) is 12.1. The Morgan fingerprint density at radius 3 is 2.60 bits per heavy atom. The Hall–Kier alpha value is -2.54. The first-order valence-electron chi connectivity index (χ1n) is 8.00. The van der Waals surface area contributed by atoms with Crippen molar-refractivity contribution in [2.75, 3.05) is 43.5 Å². The second kappa shape index (κ2) is 7.57. The van der Waals surface area contributed by atoms with Gasteiger partial charge in [0.1, 0.15) is 23.7 Å². The maximum Gasteiger partial charge on any atom is 0.219 e. The average Bonchev–Trinajstić information content (AvgIpc) is 2.62. The van der Waals surface area contributed by atoms with Crippen LogP contribution in [0.3, 0.4) is 0 Å². The molecule has 8 heteroatoms. The Kier molecular flexibility index (Phi) is 5.23. The lowest BCUT2D eigenvalue weighted by Crippen LogP contribution is -2.48. The van der Waals surface area contributed by atoms with E-state index in [1.165, 1.54) is 6.33 Å². The van der Waals surface area contributed by atoms with E-state index in [4.69, 9.17) is 16.3 Å². The maximum atomic E-state index is 11.4. The first kappa shape index (κ1) is 17.3. The number of rotatable bonds is 4. The van der Waals surface area contributed by atoms with Crippen LogP contribution in [0, 0.1) is 0 Å². The summed E-state index contributed by atoms with van der Waals surface area (Å²) in [6.07, 6.45) is 1.53. The minimum absolute atomic E-state index is 0.112. The van der Waals surface area contributed by atoms with Gasteiger partial charge in [-0.15, -0.1) is 0 Å². The van der Waals surface area contributed by atoms with Crippen LogP contribution in [0.5, 0.6) is 5.75 Å². The second-order valence-corrected chi connectivity index (χ2v) is 6.14. The number of hydrogen-bond donors (Lipinski definition) is 1. The third-order valence-electron chi connectivity index (χ3n) is 4.13. The molecule has 2 heterocycles. The molecule has 0 unspecified atom stereocenters. The molecular weight excluding hydrogens is 342 g/mol. The van der Waals surface area contributed by atoms with E-state index in [0.29, 0.717) is 29.7 Å². The summed E-state index contributed by atoms with van der Waals surface area (Å²) in [6.45, 7) is 4.52. The molecular formula is C17H20ClN5O2. The van der Waals surface area contributed by atoms with E-state index >= 15 is 0 Å². The van der Waals surface area contributed by atoms with Crippen LogP contribution in [-0.2, 0) is 4.79 Å². The van der Waals surface area contributed by atoms with Gasteiger partial charge in [0.2, 0.25) is 5.91 Å². The standard InChI is InChI=1S/C17H20ClN5O2/c1-12(24)22-5-7-23(8-6-22)17-10-16(19-11-20-17)21-13-3-4-15(25-2)14(18)9-13/h3-4,9-11H,5-8H2,1-2H3,(H,19,20,21). The minimum atomic E-state index is 0.112. The molecule has 1 N–H and O–H groups in total. The van der Waals surface area contributed by atoms with Gasteiger partial charge < -0.3 is 19.9 Å². The molecule has 7 nitrogen and oxygen atoms in total. The molecule has 25 heavy (non-hydrogen) atoms. The van der Waals surface area contributed by atoms with Crippen LogP contribution in [-0.4, -0.2) is 54.1 Å². The highest BCUT2D eigenvalue weighted by Gasteiger charge is 2.19. The van der Waals surface area contributed by atoms with E-state index in [0.717, 1.165) is 24.6 Å². The van der Waals surface area contributed by atoms with Crippen molar-refractivity contribution in [1.82, 2.24) is 14.9 Å². The van der Waals surface area contributed by atoms with Gasteiger partial charge in [-0.2, -0.15) is 0 Å². The molecule has 1 aromatic heterocycles. The van der Waals surface area contributed by atoms with Gasteiger partial charge in [0.25, 0.3) is 0 Å². The highest BCUT2D eigenvalue weighted by Crippen LogP contribution is 2.29. The summed E-state index contributed by atoms with van der Waals surface area (Å²) >= 11 is 6.15. The van der Waals surface area contributed by atoms with Crippen LogP contribution in [0.4, 0.5) is 17.3 Å². The summed E-state index contributed by atoms with van der Waals surface area (Å²) in [5.41, 5.74) is 0.817. The molecule has 0 radical (unpaired) electrons. The van der Waals surface area contributed by atoms with Crippen LogP contribution in [0.15, 0.2) is 30.6 Å². The molecule has 1 fully saturated rings. The zero-order valence-corrected chi connectivity index (χ0v) is 15.0. The number of nitrogens with zero attached hydrogens (tertiary/aromatic N) is 4. The number of anilines is 3. The summed E-state index contributed by atoms with van der Waals surface area (Å²) < 4.78 is 5.15. The van der Waals surface area contributed by atoms with Gasteiger partial charge in [-0.1, -0.05) is 11.6 Å². The van der Waals surface area contributed by atoms with Gasteiger partial charge in [0, 0.05) is 44.9 Å². The largest absolute Gasteiger partial charge is 0.495 e. The number of nitrogens with one attached hydrogen (secondary N) is 1. The van der Waals surface area contributed by atoms with Crippen molar-refractivity contribution in [1.29, 1.82) is 0 Å². The molecule has 0 aliphatic carbocycles. The normalized spacial score (nSPS) is 14.4. The Balaban J connectivity index is 1.70. The van der Waals surface area contributed by atoms with E-state index in [1.54, 1.807) is 26.2 Å². The molecule has 132 valence electrons. The Labute approximate surface area is 151 Å². The van der Waals surface area contributed by atoms with Crippen molar-refractivity contribution < 1.29 is 9.53 Å². The predicted octanol–water partition coefficient (Wildman–Crippen LogP) is 2.55. The maximum absolute atomic E-state index is 11.4. The monoisotopic (exact) mass is 361 g/mol. The van der Waals surface area contributed by atoms with Crippen LogP contribution in [0.25, 0.3) is 0 Å². The van der Waals surface area contributed by atoms with E-state index in [2.05, 4.69) is 20.2 Å². The fourth-order valence-corrected chi connectivity index (χ4v) is 2.99. The van der Waals surface area contributed by atoms with Crippen molar-refractivity contribution in [2.45, 2.75) is 6.92 Å². The number of carbonyl (C=O) groups is 1. The number of carbonyl (C=O) groups excluding carboxylic acids is 1. The van der Waals surface area contributed by atoms with Gasteiger partial charge in [-0.3, -0.25) is 4.79 Å². The zero-order valence-electron chi connectivity index (χ0n) is 14.2. The van der Waals surface area contributed by atoms with Crippen molar-refractivity contribution in [3.05, 3.63) is 35.6 Å². The Morgan fingerprint density at radius 2 is 1.96 bits per heavy atom. The summed E-state index contributed by atoms with van der Waals surface area (Å²) in [4.78, 5) is 24.0. The molecule has 1 aliphatic rings.